The Bertz CT molecular complexity index is 301. The Morgan fingerprint density at radius 2 is 1.64 bits per heavy atom. The Balaban J connectivity index is 4.71. The molecule has 0 aromatic carbocycles. The van der Waals surface area contributed by atoms with Gasteiger partial charge in [-0.2, -0.15) is 0 Å². The molecule has 0 bridgehead atoms. The summed E-state index contributed by atoms with van der Waals surface area (Å²) in [4.78, 5) is 4.37. The number of allylic oxidation sites excluding steroid dienone is 5. The van der Waals surface area contributed by atoms with Crippen molar-refractivity contribution in [3.63, 3.8) is 0 Å². The predicted octanol–water partition coefficient (Wildman–Crippen LogP) is 4.06. The average molecular weight is 189 g/mol. The molecule has 0 aliphatic heterocycles. The molecule has 0 unspecified atom stereocenters. The van der Waals surface area contributed by atoms with E-state index in [1.165, 1.54) is 0 Å². The van der Waals surface area contributed by atoms with Gasteiger partial charge < -0.3 is 0 Å². The molecule has 0 fully saturated rings. The minimum absolute atomic E-state index is 0.807. The normalized spacial score (nSPS) is 14.3. The van der Waals surface area contributed by atoms with Crippen LogP contribution in [0.5, 0.6) is 0 Å². The molecule has 0 heterocycles. The van der Waals surface area contributed by atoms with Gasteiger partial charge in [-0.15, -0.1) is 0 Å². The first kappa shape index (κ1) is 12.6. The molecule has 0 aliphatic carbocycles. The third-order valence-electron chi connectivity index (χ3n) is 1.71. The van der Waals surface area contributed by atoms with Crippen molar-refractivity contribution in [1.82, 2.24) is 0 Å². The molecule has 0 rings (SSSR count). The highest BCUT2D eigenvalue weighted by Gasteiger charge is 1.95. The lowest BCUT2D eigenvalue weighted by molar-refractivity contribution is 1.34. The lowest BCUT2D eigenvalue weighted by Gasteiger charge is -2.00. The Morgan fingerprint density at radius 3 is 2.07 bits per heavy atom. The van der Waals surface area contributed by atoms with Gasteiger partial charge in [-0.3, -0.25) is 4.99 Å². The second-order valence-electron chi connectivity index (χ2n) is 2.94. The van der Waals surface area contributed by atoms with Crippen LogP contribution in [0.25, 0.3) is 0 Å². The van der Waals surface area contributed by atoms with Crippen LogP contribution in [0, 0.1) is 0 Å². The van der Waals surface area contributed by atoms with Gasteiger partial charge in [-0.1, -0.05) is 30.9 Å². The molecule has 0 aromatic rings. The van der Waals surface area contributed by atoms with E-state index < -0.39 is 0 Å². The van der Waals surface area contributed by atoms with Gasteiger partial charge in [0.2, 0.25) is 0 Å². The van der Waals surface area contributed by atoms with Crippen molar-refractivity contribution in [3.05, 3.63) is 48.2 Å². The maximum atomic E-state index is 4.37. The van der Waals surface area contributed by atoms with E-state index in [-0.39, 0.29) is 0 Å². The van der Waals surface area contributed by atoms with Gasteiger partial charge in [0.15, 0.2) is 0 Å². The highest BCUT2D eigenvalue weighted by Crippen LogP contribution is 2.11. The molecule has 0 saturated carbocycles. The number of aliphatic imine (C=N–C) groups is 1. The highest BCUT2D eigenvalue weighted by atomic mass is 14.7. The van der Waals surface area contributed by atoms with E-state index in [1.54, 1.807) is 0 Å². The quantitative estimate of drug-likeness (QED) is 0.467. The lowest BCUT2D eigenvalue weighted by Crippen LogP contribution is -1.88. The molecular formula is C13H19N. The van der Waals surface area contributed by atoms with E-state index >= 15 is 0 Å². The summed E-state index contributed by atoms with van der Waals surface area (Å²) in [5, 5.41) is 0. The molecule has 1 nitrogen and oxygen atoms in total. The maximum Gasteiger partial charge on any atom is 0.0629 e. The molecule has 0 N–H and O–H groups in total. The van der Waals surface area contributed by atoms with E-state index in [1.807, 2.05) is 58.1 Å². The monoisotopic (exact) mass is 189 g/mol. The van der Waals surface area contributed by atoms with Gasteiger partial charge >= 0.3 is 0 Å². The summed E-state index contributed by atoms with van der Waals surface area (Å²) < 4.78 is 0. The Morgan fingerprint density at radius 1 is 1.07 bits per heavy atom. The predicted molar refractivity (Wildman–Crippen MR) is 65.6 cm³/mol. The molecular weight excluding hydrogens is 170 g/mol. The summed E-state index contributed by atoms with van der Waals surface area (Å²) in [6.45, 7) is 11.8. The van der Waals surface area contributed by atoms with Gasteiger partial charge in [0, 0.05) is 5.71 Å². The summed E-state index contributed by atoms with van der Waals surface area (Å²) in [5.41, 5.74) is 2.85. The Kier molecular flexibility index (Phi) is 6.38. The summed E-state index contributed by atoms with van der Waals surface area (Å²) in [6, 6.07) is 0. The minimum Gasteiger partial charge on any atom is -0.254 e. The standard InChI is InChI=1S/C13H19N/c1-6-9-11(4)14-12(5)13(8-3)10-7-2/h6-10H,5H2,1-4H3/b9-6-,10-7-,13-8+,14-11-. The number of rotatable bonds is 4. The summed E-state index contributed by atoms with van der Waals surface area (Å²) >= 11 is 0. The van der Waals surface area contributed by atoms with Gasteiger partial charge in [0.1, 0.15) is 0 Å². The van der Waals surface area contributed by atoms with E-state index in [4.69, 9.17) is 0 Å². The second-order valence-corrected chi connectivity index (χ2v) is 2.94. The molecule has 14 heavy (non-hydrogen) atoms. The molecule has 0 radical (unpaired) electrons. The van der Waals surface area contributed by atoms with E-state index in [9.17, 15) is 0 Å². The molecule has 0 amide bonds. The molecule has 0 spiro atoms. The van der Waals surface area contributed by atoms with Crippen LogP contribution in [-0.2, 0) is 0 Å². The van der Waals surface area contributed by atoms with Crippen LogP contribution in [0.15, 0.2) is 53.2 Å². The Labute approximate surface area is 87.3 Å². The lowest BCUT2D eigenvalue weighted by atomic mass is 10.2. The van der Waals surface area contributed by atoms with Crippen molar-refractivity contribution in [2.75, 3.05) is 0 Å². The number of nitrogens with zero attached hydrogens (tertiary/aromatic N) is 1. The van der Waals surface area contributed by atoms with Crippen LogP contribution in [0.1, 0.15) is 27.7 Å². The first-order chi connectivity index (χ1) is 6.65. The van der Waals surface area contributed by atoms with Crippen molar-refractivity contribution in [2.24, 2.45) is 4.99 Å². The third-order valence-corrected chi connectivity index (χ3v) is 1.71. The van der Waals surface area contributed by atoms with Gasteiger partial charge in [-0.25, -0.2) is 0 Å². The fraction of sp³-hybridized carbons (Fsp3) is 0.308. The fourth-order valence-electron chi connectivity index (χ4n) is 1.09. The van der Waals surface area contributed by atoms with Crippen molar-refractivity contribution in [3.8, 4) is 0 Å². The number of hydrogen-bond donors (Lipinski definition) is 0. The van der Waals surface area contributed by atoms with Gasteiger partial charge in [0.25, 0.3) is 0 Å². The van der Waals surface area contributed by atoms with E-state index in [2.05, 4.69) is 11.6 Å². The maximum absolute atomic E-state index is 4.37. The average Bonchev–Trinajstić information content (AvgIpc) is 2.14. The summed E-state index contributed by atoms with van der Waals surface area (Å²) in [7, 11) is 0. The fourth-order valence-corrected chi connectivity index (χ4v) is 1.09. The highest BCUT2D eigenvalue weighted by molar-refractivity contribution is 5.93. The molecule has 0 saturated heterocycles. The zero-order chi connectivity index (χ0) is 11.0. The largest absolute Gasteiger partial charge is 0.254 e. The van der Waals surface area contributed by atoms with Crippen LogP contribution in [0.4, 0.5) is 0 Å². The SMILES string of the molecule is C=C(/N=C(C)\C=C/C)C(/C=C\C)=C/C. The van der Waals surface area contributed by atoms with Gasteiger partial charge in [0.05, 0.1) is 5.70 Å². The van der Waals surface area contributed by atoms with Crippen LogP contribution in [0.2, 0.25) is 0 Å². The zero-order valence-corrected chi connectivity index (χ0v) is 9.54. The zero-order valence-electron chi connectivity index (χ0n) is 9.54. The van der Waals surface area contributed by atoms with Gasteiger partial charge in [-0.05, 0) is 39.3 Å². The Hall–Kier alpha value is -1.37. The minimum atomic E-state index is 0.807. The van der Waals surface area contributed by atoms with E-state index in [0.717, 1.165) is 17.0 Å². The first-order valence-electron chi connectivity index (χ1n) is 4.82. The first-order valence-corrected chi connectivity index (χ1v) is 4.82. The molecule has 0 aliphatic rings. The van der Waals surface area contributed by atoms with Crippen molar-refractivity contribution in [2.45, 2.75) is 27.7 Å². The molecule has 0 aromatic heterocycles. The van der Waals surface area contributed by atoms with E-state index in [0.29, 0.717) is 0 Å². The smallest absolute Gasteiger partial charge is 0.0629 e. The molecule has 1 heteroatoms. The molecule has 76 valence electrons. The third kappa shape index (κ3) is 4.61. The second kappa shape index (κ2) is 7.07. The van der Waals surface area contributed by atoms with Crippen molar-refractivity contribution >= 4 is 5.71 Å². The summed E-state index contributed by atoms with van der Waals surface area (Å²) in [5.74, 6) is 0. The van der Waals surface area contributed by atoms with Crippen LogP contribution in [0.3, 0.4) is 0 Å². The molecule has 0 atom stereocenters. The van der Waals surface area contributed by atoms with Crippen LogP contribution >= 0.6 is 0 Å². The summed E-state index contributed by atoms with van der Waals surface area (Å²) in [6.07, 6.45) is 9.94. The van der Waals surface area contributed by atoms with Crippen molar-refractivity contribution in [1.29, 1.82) is 0 Å². The number of hydrogen-bond acceptors (Lipinski definition) is 1. The topological polar surface area (TPSA) is 12.4 Å². The van der Waals surface area contributed by atoms with Crippen LogP contribution in [-0.4, -0.2) is 5.71 Å². The van der Waals surface area contributed by atoms with Crippen molar-refractivity contribution < 1.29 is 0 Å². The van der Waals surface area contributed by atoms with Crippen LogP contribution < -0.4 is 0 Å².